The molecule has 0 saturated heterocycles. The minimum Gasteiger partial charge on any atom is -0.473 e. The van der Waals surface area contributed by atoms with Crippen LogP contribution < -0.4 is 9.75 Å². The van der Waals surface area contributed by atoms with Gasteiger partial charge in [-0.2, -0.15) is 18.3 Å². The van der Waals surface area contributed by atoms with Crippen molar-refractivity contribution in [1.29, 1.82) is 0 Å². The zero-order valence-corrected chi connectivity index (χ0v) is 20.0. The van der Waals surface area contributed by atoms with Gasteiger partial charge in [-0.15, -0.1) is 0 Å². The van der Waals surface area contributed by atoms with Gasteiger partial charge in [0.15, 0.2) is 11.6 Å². The minimum absolute atomic E-state index is 0.0683. The second-order valence-corrected chi connectivity index (χ2v) is 7.49. The van der Waals surface area contributed by atoms with Crippen LogP contribution in [-0.2, 0) is 6.18 Å². The number of hydrazone groups is 1. The molecule has 0 N–H and O–H groups in total. The monoisotopic (exact) mass is 514 g/mol. The molecular formula is C24H24F6N4O2. The normalized spacial score (nSPS) is 12.2. The molecule has 2 aromatic rings. The Hall–Kier alpha value is -3.75. The van der Waals surface area contributed by atoms with E-state index in [2.05, 4.69) is 21.9 Å². The van der Waals surface area contributed by atoms with E-state index in [0.29, 0.717) is 18.7 Å². The predicted molar refractivity (Wildman–Crippen MR) is 122 cm³/mol. The fraction of sp³-hybridized carbons (Fsp3) is 0.375. The predicted octanol–water partition coefficient (Wildman–Crippen LogP) is 5.28. The Balaban J connectivity index is 2.28. The smallest absolute Gasteiger partial charge is 0.417 e. The van der Waals surface area contributed by atoms with Crippen molar-refractivity contribution in [3.05, 3.63) is 53.0 Å². The molecule has 0 fully saturated rings. The van der Waals surface area contributed by atoms with Crippen molar-refractivity contribution in [3.8, 4) is 17.7 Å². The lowest BCUT2D eigenvalue weighted by atomic mass is 10.1. The van der Waals surface area contributed by atoms with Gasteiger partial charge in [0.2, 0.25) is 5.88 Å². The highest BCUT2D eigenvalue weighted by molar-refractivity contribution is 6.00. The number of hydrogen-bond donors (Lipinski definition) is 0. The Kier molecular flexibility index (Phi) is 9.72. The number of rotatable bonds is 8. The maximum Gasteiger partial charge on any atom is 0.417 e. The van der Waals surface area contributed by atoms with Crippen molar-refractivity contribution >= 4 is 17.8 Å². The molecule has 0 radical (unpaired) electrons. The number of carbonyl (C=O) groups is 1. The largest absolute Gasteiger partial charge is 0.473 e. The van der Waals surface area contributed by atoms with Gasteiger partial charge in [-0.05, 0) is 26.0 Å². The van der Waals surface area contributed by atoms with Gasteiger partial charge in [0.05, 0.1) is 23.4 Å². The number of alkyl halides is 3. The lowest BCUT2D eigenvalue weighted by molar-refractivity contribution is -0.138. The lowest BCUT2D eigenvalue weighted by Crippen LogP contribution is -2.42. The molecule has 12 heteroatoms. The molecule has 1 amide bonds. The van der Waals surface area contributed by atoms with Crippen LogP contribution in [0.1, 0.15) is 43.1 Å². The highest BCUT2D eigenvalue weighted by atomic mass is 19.4. The number of benzene rings is 1. The zero-order chi connectivity index (χ0) is 27.0. The van der Waals surface area contributed by atoms with Crippen LogP contribution in [0.2, 0.25) is 0 Å². The maximum absolute atomic E-state index is 14.7. The average molecular weight is 514 g/mol. The van der Waals surface area contributed by atoms with Crippen molar-refractivity contribution in [2.75, 3.05) is 25.2 Å². The first kappa shape index (κ1) is 28.5. The summed E-state index contributed by atoms with van der Waals surface area (Å²) in [5, 5.41) is 5.00. The van der Waals surface area contributed by atoms with Crippen LogP contribution >= 0.6 is 0 Å². The summed E-state index contributed by atoms with van der Waals surface area (Å²) < 4.78 is 86.1. The van der Waals surface area contributed by atoms with Gasteiger partial charge in [0, 0.05) is 32.3 Å². The standard InChI is InChI=1S/C24H24F6N4O2/c1-5-7-8-9-32-33(4)21-18(11-17(25)12-19(21)26)23(35)34(6-2)15(3)14-36-22-20(27)10-16(13-31-22)24(28,29)30/h9-13,15H,5-6,14H2,1-4H3/b32-9-. The first-order valence-electron chi connectivity index (χ1n) is 10.8. The summed E-state index contributed by atoms with van der Waals surface area (Å²) in [5.74, 6) is 0.569. The fourth-order valence-corrected chi connectivity index (χ4v) is 3.17. The third kappa shape index (κ3) is 7.13. The van der Waals surface area contributed by atoms with E-state index < -0.39 is 47.0 Å². The summed E-state index contributed by atoms with van der Waals surface area (Å²) in [6.45, 7) is 4.65. The summed E-state index contributed by atoms with van der Waals surface area (Å²) in [4.78, 5) is 17.8. The van der Waals surface area contributed by atoms with E-state index in [9.17, 15) is 31.1 Å². The summed E-state index contributed by atoms with van der Waals surface area (Å²) in [5.41, 5.74) is -1.90. The van der Waals surface area contributed by atoms with Crippen molar-refractivity contribution < 1.29 is 35.9 Å². The Morgan fingerprint density at radius 3 is 2.47 bits per heavy atom. The molecular weight excluding hydrogens is 490 g/mol. The number of pyridine rings is 1. The first-order valence-corrected chi connectivity index (χ1v) is 10.8. The molecule has 194 valence electrons. The van der Waals surface area contributed by atoms with E-state index >= 15 is 0 Å². The second kappa shape index (κ2) is 12.3. The van der Waals surface area contributed by atoms with E-state index in [1.807, 2.05) is 6.92 Å². The van der Waals surface area contributed by atoms with Crippen LogP contribution in [-0.4, -0.2) is 48.2 Å². The molecule has 36 heavy (non-hydrogen) atoms. The van der Waals surface area contributed by atoms with Gasteiger partial charge in [-0.3, -0.25) is 9.80 Å². The Labute approximate surface area is 204 Å². The molecule has 0 aliphatic rings. The number of nitrogens with zero attached hydrogens (tertiary/aromatic N) is 4. The highest BCUT2D eigenvalue weighted by Gasteiger charge is 2.32. The molecule has 0 bridgehead atoms. The van der Waals surface area contributed by atoms with Gasteiger partial charge < -0.3 is 9.64 Å². The Morgan fingerprint density at radius 1 is 1.19 bits per heavy atom. The molecule has 1 heterocycles. The number of carbonyl (C=O) groups excluding carboxylic acids is 1. The zero-order valence-electron chi connectivity index (χ0n) is 20.0. The molecule has 0 saturated carbocycles. The second-order valence-electron chi connectivity index (χ2n) is 7.49. The van der Waals surface area contributed by atoms with Crippen molar-refractivity contribution in [1.82, 2.24) is 9.88 Å². The average Bonchev–Trinajstić information content (AvgIpc) is 2.80. The van der Waals surface area contributed by atoms with Gasteiger partial charge in [0.25, 0.3) is 5.91 Å². The van der Waals surface area contributed by atoms with Gasteiger partial charge >= 0.3 is 6.18 Å². The third-order valence-electron chi connectivity index (χ3n) is 4.89. The Morgan fingerprint density at radius 2 is 1.89 bits per heavy atom. The third-order valence-corrected chi connectivity index (χ3v) is 4.89. The molecule has 1 aromatic heterocycles. The number of anilines is 1. The van der Waals surface area contributed by atoms with E-state index in [0.717, 1.165) is 11.1 Å². The van der Waals surface area contributed by atoms with Crippen LogP contribution in [0.3, 0.4) is 0 Å². The molecule has 0 aliphatic carbocycles. The fourth-order valence-electron chi connectivity index (χ4n) is 3.17. The first-order chi connectivity index (χ1) is 16.9. The topological polar surface area (TPSA) is 58.0 Å². The summed E-state index contributed by atoms with van der Waals surface area (Å²) >= 11 is 0. The summed E-state index contributed by atoms with van der Waals surface area (Å²) in [6, 6.07) is 0.934. The van der Waals surface area contributed by atoms with Crippen LogP contribution in [0, 0.1) is 29.3 Å². The summed E-state index contributed by atoms with van der Waals surface area (Å²) in [7, 11) is 1.36. The maximum atomic E-state index is 14.7. The van der Waals surface area contributed by atoms with Crippen LogP contribution in [0.15, 0.2) is 29.5 Å². The van der Waals surface area contributed by atoms with Crippen molar-refractivity contribution in [2.45, 2.75) is 39.4 Å². The van der Waals surface area contributed by atoms with E-state index in [-0.39, 0.29) is 30.5 Å². The van der Waals surface area contributed by atoms with Crippen LogP contribution in [0.25, 0.3) is 0 Å². The van der Waals surface area contributed by atoms with Gasteiger partial charge in [-0.25, -0.2) is 18.2 Å². The number of likely N-dealkylation sites (N-methyl/N-ethyl adjacent to an activating group) is 1. The quantitative estimate of drug-likeness (QED) is 0.208. The number of aromatic nitrogens is 1. The van der Waals surface area contributed by atoms with E-state index in [1.165, 1.54) is 25.1 Å². The van der Waals surface area contributed by atoms with Crippen molar-refractivity contribution in [3.63, 3.8) is 0 Å². The van der Waals surface area contributed by atoms with Crippen LogP contribution in [0.4, 0.5) is 32.0 Å². The number of ether oxygens (including phenoxy) is 1. The molecule has 6 nitrogen and oxygen atoms in total. The lowest BCUT2D eigenvalue weighted by Gasteiger charge is -2.29. The van der Waals surface area contributed by atoms with E-state index in [4.69, 9.17) is 4.74 Å². The number of hydrogen-bond acceptors (Lipinski definition) is 5. The molecule has 1 aromatic carbocycles. The molecule has 0 aliphatic heterocycles. The van der Waals surface area contributed by atoms with E-state index in [1.54, 1.807) is 6.92 Å². The summed E-state index contributed by atoms with van der Waals surface area (Å²) in [6.07, 6.45) is -2.57. The Bertz CT molecular complexity index is 1170. The SMILES string of the molecule is CCC#C/C=N\N(C)c1c(F)cc(F)cc1C(=O)N(CC)C(C)COc1ncc(C(F)(F)F)cc1F. The molecule has 2 rings (SSSR count). The number of halogens is 6. The number of amides is 1. The van der Waals surface area contributed by atoms with Crippen molar-refractivity contribution in [2.24, 2.45) is 5.10 Å². The van der Waals surface area contributed by atoms with Gasteiger partial charge in [0.1, 0.15) is 18.1 Å². The van der Waals surface area contributed by atoms with Crippen LogP contribution in [0.5, 0.6) is 5.88 Å². The minimum atomic E-state index is -4.77. The molecule has 1 unspecified atom stereocenters. The molecule has 0 spiro atoms. The highest BCUT2D eigenvalue weighted by Crippen LogP contribution is 2.31. The van der Waals surface area contributed by atoms with Gasteiger partial charge in [-0.1, -0.05) is 18.8 Å². The molecule has 1 atom stereocenters.